The first-order chi connectivity index (χ1) is 8.39. The molecule has 1 aromatic carbocycles. The molecule has 0 atom stereocenters. The molecule has 0 heterocycles. The second-order valence-electron chi connectivity index (χ2n) is 3.88. The summed E-state index contributed by atoms with van der Waals surface area (Å²) in [5, 5.41) is 0. The molecule has 98 valence electrons. The lowest BCUT2D eigenvalue weighted by atomic mass is 10.1. The molecule has 0 saturated heterocycles. The van der Waals surface area contributed by atoms with Gasteiger partial charge in [-0.05, 0) is 30.5 Å². The normalized spacial score (nSPS) is 11.9. The molecule has 0 aliphatic heterocycles. The highest BCUT2D eigenvalue weighted by atomic mass is 19.4. The van der Waals surface area contributed by atoms with E-state index < -0.39 is 11.7 Å². The first-order valence-electron chi connectivity index (χ1n) is 5.51. The average molecular weight is 257 g/mol. The highest BCUT2D eigenvalue weighted by Crippen LogP contribution is 2.29. The van der Waals surface area contributed by atoms with Crippen LogP contribution < -0.4 is 5.73 Å². The third-order valence-electron chi connectivity index (χ3n) is 2.32. The van der Waals surface area contributed by atoms with E-state index in [1.54, 1.807) is 18.2 Å². The molecular weight excluding hydrogens is 243 g/mol. The van der Waals surface area contributed by atoms with Crippen molar-refractivity contribution in [3.8, 4) is 0 Å². The molecule has 0 unspecified atom stereocenters. The lowest BCUT2D eigenvalue weighted by molar-refractivity contribution is -0.137. The van der Waals surface area contributed by atoms with E-state index in [0.29, 0.717) is 18.4 Å². The summed E-state index contributed by atoms with van der Waals surface area (Å²) in [6.45, 7) is 0. The summed E-state index contributed by atoms with van der Waals surface area (Å²) in [6, 6.07) is 5.08. The maximum Gasteiger partial charge on any atom is 0.416 e. The number of hydrogen-bond acceptors (Lipinski definition) is 1. The van der Waals surface area contributed by atoms with Gasteiger partial charge in [0.25, 0.3) is 0 Å². The zero-order valence-corrected chi connectivity index (χ0v) is 9.70. The van der Waals surface area contributed by atoms with Crippen molar-refractivity contribution in [2.45, 2.75) is 25.4 Å². The Morgan fingerprint density at radius 3 is 2.67 bits per heavy atom. The van der Waals surface area contributed by atoms with E-state index in [4.69, 9.17) is 5.73 Å². The minimum absolute atomic E-state index is 0.285. The van der Waals surface area contributed by atoms with Crippen molar-refractivity contribution in [2.75, 3.05) is 0 Å². The lowest BCUT2D eigenvalue weighted by Crippen LogP contribution is -2.09. The Labute approximate surface area is 103 Å². The van der Waals surface area contributed by atoms with Gasteiger partial charge in [-0.1, -0.05) is 24.3 Å². The number of unbranched alkanes of at least 4 members (excludes halogenated alkanes) is 1. The van der Waals surface area contributed by atoms with Crippen LogP contribution in [0.5, 0.6) is 0 Å². The van der Waals surface area contributed by atoms with Crippen molar-refractivity contribution in [3.05, 3.63) is 41.5 Å². The minimum Gasteiger partial charge on any atom is -0.370 e. The van der Waals surface area contributed by atoms with Crippen molar-refractivity contribution in [1.29, 1.82) is 0 Å². The summed E-state index contributed by atoms with van der Waals surface area (Å²) in [5.74, 6) is -0.373. The van der Waals surface area contributed by atoms with E-state index in [-0.39, 0.29) is 12.3 Å². The largest absolute Gasteiger partial charge is 0.416 e. The van der Waals surface area contributed by atoms with Gasteiger partial charge in [-0.2, -0.15) is 13.2 Å². The number of carbonyl (C=O) groups is 1. The Bertz CT molecular complexity index is 438. The van der Waals surface area contributed by atoms with Crippen molar-refractivity contribution in [1.82, 2.24) is 0 Å². The van der Waals surface area contributed by atoms with E-state index in [2.05, 4.69) is 0 Å². The van der Waals surface area contributed by atoms with Crippen LogP contribution in [0.15, 0.2) is 30.3 Å². The smallest absolute Gasteiger partial charge is 0.370 e. The molecule has 1 rings (SSSR count). The number of rotatable bonds is 5. The fourth-order valence-electron chi connectivity index (χ4n) is 1.43. The van der Waals surface area contributed by atoms with Crippen molar-refractivity contribution in [2.24, 2.45) is 5.73 Å². The van der Waals surface area contributed by atoms with E-state index >= 15 is 0 Å². The van der Waals surface area contributed by atoms with Crippen LogP contribution >= 0.6 is 0 Å². The summed E-state index contributed by atoms with van der Waals surface area (Å²) in [4.78, 5) is 10.5. The Morgan fingerprint density at radius 2 is 2.06 bits per heavy atom. The molecular formula is C13H14F3NO. The predicted molar refractivity (Wildman–Crippen MR) is 63.5 cm³/mol. The minimum atomic E-state index is -4.32. The number of nitrogens with two attached hydrogens (primary N) is 1. The molecule has 0 bridgehead atoms. The Morgan fingerprint density at radius 1 is 1.33 bits per heavy atom. The van der Waals surface area contributed by atoms with Crippen LogP contribution in [-0.4, -0.2) is 5.91 Å². The number of primary amides is 1. The molecule has 0 aliphatic carbocycles. The topological polar surface area (TPSA) is 43.1 Å². The number of allylic oxidation sites excluding steroid dienone is 1. The quantitative estimate of drug-likeness (QED) is 0.807. The number of benzene rings is 1. The highest BCUT2D eigenvalue weighted by molar-refractivity contribution is 5.73. The first-order valence-corrected chi connectivity index (χ1v) is 5.51. The SMILES string of the molecule is NC(=O)CCCC=Cc1cccc(C(F)(F)F)c1. The summed E-state index contributed by atoms with van der Waals surface area (Å²) >= 11 is 0. The Balaban J connectivity index is 2.57. The standard InChI is InChI=1S/C13H14F3NO/c14-13(15,16)11-7-4-6-10(9-11)5-2-1-3-8-12(17)18/h2,4-7,9H,1,3,8H2,(H2,17,18). The fraction of sp³-hybridized carbons (Fsp3) is 0.308. The van der Waals surface area contributed by atoms with Gasteiger partial charge >= 0.3 is 6.18 Å². The number of halogens is 3. The molecule has 0 fully saturated rings. The average Bonchev–Trinajstić information content (AvgIpc) is 2.27. The third-order valence-corrected chi connectivity index (χ3v) is 2.32. The van der Waals surface area contributed by atoms with Gasteiger partial charge in [-0.25, -0.2) is 0 Å². The van der Waals surface area contributed by atoms with E-state index in [1.807, 2.05) is 0 Å². The predicted octanol–water partition coefficient (Wildman–Crippen LogP) is 3.37. The molecule has 0 aliphatic rings. The van der Waals surface area contributed by atoms with Crippen LogP contribution in [0.3, 0.4) is 0 Å². The zero-order valence-electron chi connectivity index (χ0n) is 9.70. The first kappa shape index (κ1) is 14.3. The van der Waals surface area contributed by atoms with Crippen LogP contribution in [0.4, 0.5) is 13.2 Å². The molecule has 0 saturated carbocycles. The maximum absolute atomic E-state index is 12.4. The Hall–Kier alpha value is -1.78. The number of amides is 1. The molecule has 0 spiro atoms. The fourth-order valence-corrected chi connectivity index (χ4v) is 1.43. The lowest BCUT2D eigenvalue weighted by Gasteiger charge is -2.06. The van der Waals surface area contributed by atoms with Gasteiger partial charge in [0.05, 0.1) is 5.56 Å². The van der Waals surface area contributed by atoms with Crippen molar-refractivity contribution >= 4 is 12.0 Å². The van der Waals surface area contributed by atoms with E-state index in [9.17, 15) is 18.0 Å². The van der Waals surface area contributed by atoms with Gasteiger partial charge in [0.2, 0.25) is 5.91 Å². The van der Waals surface area contributed by atoms with Gasteiger partial charge in [-0.3, -0.25) is 4.79 Å². The van der Waals surface area contributed by atoms with Crippen LogP contribution in [-0.2, 0) is 11.0 Å². The number of hydrogen-bond donors (Lipinski definition) is 1. The number of alkyl halides is 3. The van der Waals surface area contributed by atoms with Crippen LogP contribution in [0.2, 0.25) is 0 Å². The van der Waals surface area contributed by atoms with Gasteiger partial charge in [-0.15, -0.1) is 0 Å². The van der Waals surface area contributed by atoms with Gasteiger partial charge in [0, 0.05) is 6.42 Å². The molecule has 1 amide bonds. The molecule has 5 heteroatoms. The molecule has 0 radical (unpaired) electrons. The van der Waals surface area contributed by atoms with E-state index in [0.717, 1.165) is 12.1 Å². The second kappa shape index (κ2) is 6.23. The third kappa shape index (κ3) is 5.03. The van der Waals surface area contributed by atoms with Crippen LogP contribution in [0.25, 0.3) is 6.08 Å². The summed E-state index contributed by atoms with van der Waals surface area (Å²) in [5.41, 5.74) is 4.79. The van der Waals surface area contributed by atoms with Crippen LogP contribution in [0, 0.1) is 0 Å². The molecule has 2 nitrogen and oxygen atoms in total. The monoisotopic (exact) mass is 257 g/mol. The van der Waals surface area contributed by atoms with Crippen molar-refractivity contribution in [3.63, 3.8) is 0 Å². The second-order valence-corrected chi connectivity index (χ2v) is 3.88. The van der Waals surface area contributed by atoms with E-state index in [1.165, 1.54) is 6.07 Å². The van der Waals surface area contributed by atoms with Crippen molar-refractivity contribution < 1.29 is 18.0 Å². The van der Waals surface area contributed by atoms with Gasteiger partial charge in [0.15, 0.2) is 0 Å². The molecule has 2 N–H and O–H groups in total. The van der Waals surface area contributed by atoms with Gasteiger partial charge in [0.1, 0.15) is 0 Å². The zero-order chi connectivity index (χ0) is 13.6. The molecule has 1 aromatic rings. The summed E-state index contributed by atoms with van der Waals surface area (Å²) < 4.78 is 37.3. The van der Waals surface area contributed by atoms with Gasteiger partial charge < -0.3 is 5.73 Å². The number of carbonyl (C=O) groups excluding carboxylic acids is 1. The van der Waals surface area contributed by atoms with Crippen LogP contribution in [0.1, 0.15) is 30.4 Å². The maximum atomic E-state index is 12.4. The molecule has 18 heavy (non-hydrogen) atoms. The summed E-state index contributed by atoms with van der Waals surface area (Å²) in [6.07, 6.45) is 0.515. The molecule has 0 aromatic heterocycles. The summed E-state index contributed by atoms with van der Waals surface area (Å²) in [7, 11) is 0. The Kier molecular flexibility index (Phi) is 4.95. The highest BCUT2D eigenvalue weighted by Gasteiger charge is 2.30.